The monoisotopic (exact) mass is 271 g/mol. The van der Waals surface area contributed by atoms with Crippen molar-refractivity contribution in [1.82, 2.24) is 5.32 Å². The van der Waals surface area contributed by atoms with Crippen molar-refractivity contribution >= 4 is 0 Å². The maximum Gasteiger partial charge on any atom is 0.106 e. The molecule has 0 fully saturated rings. The minimum absolute atomic E-state index is 0.194. The van der Waals surface area contributed by atoms with Crippen molar-refractivity contribution < 1.29 is 4.42 Å². The molecule has 1 aromatic carbocycles. The summed E-state index contributed by atoms with van der Waals surface area (Å²) in [5.41, 5.74) is 3.93. The smallest absolute Gasteiger partial charge is 0.106 e. The van der Waals surface area contributed by atoms with Gasteiger partial charge < -0.3 is 9.73 Å². The fourth-order valence-corrected chi connectivity index (χ4v) is 2.81. The van der Waals surface area contributed by atoms with Gasteiger partial charge in [0.25, 0.3) is 0 Å². The number of hydrogen-bond acceptors (Lipinski definition) is 2. The van der Waals surface area contributed by atoms with Crippen molar-refractivity contribution in [3.05, 3.63) is 58.5 Å². The average molecular weight is 271 g/mol. The fraction of sp³-hybridized carbons (Fsp3) is 0.444. The molecule has 1 unspecified atom stereocenters. The Hall–Kier alpha value is -1.54. The molecule has 0 radical (unpaired) electrons. The maximum atomic E-state index is 5.67. The molecule has 0 aliphatic rings. The van der Waals surface area contributed by atoms with Gasteiger partial charge in [0, 0.05) is 5.56 Å². The van der Waals surface area contributed by atoms with Crippen LogP contribution in [0.25, 0.3) is 0 Å². The highest BCUT2D eigenvalue weighted by molar-refractivity contribution is 5.36. The highest BCUT2D eigenvalue weighted by Crippen LogP contribution is 2.28. The van der Waals surface area contributed by atoms with Crippen LogP contribution in [0, 0.1) is 19.8 Å². The second kappa shape index (κ2) is 6.27. The van der Waals surface area contributed by atoms with Gasteiger partial charge in [0.15, 0.2) is 0 Å². The Morgan fingerprint density at radius 2 is 1.90 bits per heavy atom. The number of furan rings is 1. The zero-order chi connectivity index (χ0) is 14.7. The highest BCUT2D eigenvalue weighted by Gasteiger charge is 2.17. The number of aryl methyl sites for hydroxylation is 2. The first kappa shape index (κ1) is 14.9. The lowest BCUT2D eigenvalue weighted by molar-refractivity contribution is 0.497. The van der Waals surface area contributed by atoms with Gasteiger partial charge in [-0.2, -0.15) is 0 Å². The molecule has 0 amide bonds. The summed E-state index contributed by atoms with van der Waals surface area (Å²) in [5.74, 6) is 2.64. The average Bonchev–Trinajstić information content (AvgIpc) is 2.69. The van der Waals surface area contributed by atoms with Crippen LogP contribution in [0.2, 0.25) is 0 Å². The maximum absolute atomic E-state index is 5.67. The molecule has 20 heavy (non-hydrogen) atoms. The van der Waals surface area contributed by atoms with Crippen LogP contribution in [-0.2, 0) is 6.42 Å². The standard InChI is InChI=1S/C18H25NO/c1-12(2)9-15-7-6-8-16(11-15)18(19-5)17-10-13(3)20-14(17)4/h6-8,10-12,18-19H,9H2,1-5H3. The lowest BCUT2D eigenvalue weighted by Gasteiger charge is -2.17. The van der Waals surface area contributed by atoms with Crippen LogP contribution in [0.15, 0.2) is 34.7 Å². The van der Waals surface area contributed by atoms with E-state index in [0.29, 0.717) is 5.92 Å². The van der Waals surface area contributed by atoms with E-state index >= 15 is 0 Å². The molecule has 1 N–H and O–H groups in total. The molecule has 1 aromatic heterocycles. The molecular weight excluding hydrogens is 246 g/mol. The third-order valence-electron chi connectivity index (χ3n) is 3.61. The molecule has 0 bridgehead atoms. The summed E-state index contributed by atoms with van der Waals surface area (Å²) in [4.78, 5) is 0. The van der Waals surface area contributed by atoms with Gasteiger partial charge >= 0.3 is 0 Å². The van der Waals surface area contributed by atoms with Crippen LogP contribution in [0.1, 0.15) is 48.1 Å². The molecule has 0 spiro atoms. The summed E-state index contributed by atoms with van der Waals surface area (Å²) < 4.78 is 5.67. The molecule has 1 heterocycles. The van der Waals surface area contributed by atoms with E-state index in [1.54, 1.807) is 0 Å². The van der Waals surface area contributed by atoms with Crippen LogP contribution in [0.4, 0.5) is 0 Å². The van der Waals surface area contributed by atoms with Crippen molar-refractivity contribution in [2.75, 3.05) is 7.05 Å². The van der Waals surface area contributed by atoms with E-state index in [4.69, 9.17) is 4.42 Å². The molecule has 1 atom stereocenters. The summed E-state index contributed by atoms with van der Waals surface area (Å²) in [6, 6.07) is 11.2. The zero-order valence-electron chi connectivity index (χ0n) is 13.2. The molecule has 2 heteroatoms. The minimum Gasteiger partial charge on any atom is -0.466 e. The Kier molecular flexibility index (Phi) is 4.66. The van der Waals surface area contributed by atoms with Gasteiger partial charge in [-0.3, -0.25) is 0 Å². The minimum atomic E-state index is 0.194. The molecule has 0 aliphatic carbocycles. The third kappa shape index (κ3) is 3.31. The van der Waals surface area contributed by atoms with Gasteiger partial charge in [0.05, 0.1) is 6.04 Å². The summed E-state index contributed by atoms with van der Waals surface area (Å²) in [5, 5.41) is 3.41. The van der Waals surface area contributed by atoms with Crippen LogP contribution < -0.4 is 5.32 Å². The molecule has 2 aromatic rings. The van der Waals surface area contributed by atoms with Crippen LogP contribution in [0.5, 0.6) is 0 Å². The normalized spacial score (nSPS) is 12.9. The summed E-state index contributed by atoms with van der Waals surface area (Å²) in [7, 11) is 2.00. The summed E-state index contributed by atoms with van der Waals surface area (Å²) in [6.07, 6.45) is 1.12. The first-order valence-corrected chi connectivity index (χ1v) is 7.34. The molecular formula is C18H25NO. The van der Waals surface area contributed by atoms with Gasteiger partial charge in [-0.1, -0.05) is 38.1 Å². The second-order valence-corrected chi connectivity index (χ2v) is 5.93. The van der Waals surface area contributed by atoms with Crippen molar-refractivity contribution in [3.63, 3.8) is 0 Å². The second-order valence-electron chi connectivity index (χ2n) is 5.93. The zero-order valence-corrected chi connectivity index (χ0v) is 13.2. The van der Waals surface area contributed by atoms with Crippen LogP contribution >= 0.6 is 0 Å². The quantitative estimate of drug-likeness (QED) is 0.871. The Bertz CT molecular complexity index is 569. The van der Waals surface area contributed by atoms with Gasteiger partial charge in [-0.05, 0) is 50.4 Å². The SMILES string of the molecule is CNC(c1cccc(CC(C)C)c1)c1cc(C)oc1C. The molecule has 2 rings (SSSR count). The largest absolute Gasteiger partial charge is 0.466 e. The molecule has 0 saturated heterocycles. The first-order valence-electron chi connectivity index (χ1n) is 7.34. The predicted octanol–water partition coefficient (Wildman–Crippen LogP) is 4.40. The highest BCUT2D eigenvalue weighted by atomic mass is 16.3. The first-order chi connectivity index (χ1) is 9.51. The van der Waals surface area contributed by atoms with Crippen molar-refractivity contribution in [2.24, 2.45) is 5.92 Å². The van der Waals surface area contributed by atoms with E-state index in [0.717, 1.165) is 17.9 Å². The summed E-state index contributed by atoms with van der Waals surface area (Å²) in [6.45, 7) is 8.54. The van der Waals surface area contributed by atoms with Crippen LogP contribution in [0.3, 0.4) is 0 Å². The van der Waals surface area contributed by atoms with Crippen molar-refractivity contribution in [2.45, 2.75) is 40.2 Å². The van der Waals surface area contributed by atoms with Crippen molar-refractivity contribution in [1.29, 1.82) is 0 Å². The fourth-order valence-electron chi connectivity index (χ4n) is 2.81. The molecule has 108 valence electrons. The number of benzene rings is 1. The van der Waals surface area contributed by atoms with E-state index < -0.39 is 0 Å². The Morgan fingerprint density at radius 3 is 2.45 bits per heavy atom. The lowest BCUT2D eigenvalue weighted by Crippen LogP contribution is -2.18. The van der Waals surface area contributed by atoms with E-state index in [-0.39, 0.29) is 6.04 Å². The van der Waals surface area contributed by atoms with Crippen molar-refractivity contribution in [3.8, 4) is 0 Å². The number of rotatable bonds is 5. The molecule has 0 aliphatic heterocycles. The van der Waals surface area contributed by atoms with Gasteiger partial charge in [0.1, 0.15) is 11.5 Å². The van der Waals surface area contributed by atoms with Gasteiger partial charge in [-0.25, -0.2) is 0 Å². The Labute approximate surface area is 122 Å². The predicted molar refractivity (Wildman–Crippen MR) is 84.1 cm³/mol. The van der Waals surface area contributed by atoms with Gasteiger partial charge in [-0.15, -0.1) is 0 Å². The lowest BCUT2D eigenvalue weighted by atomic mass is 9.95. The van der Waals surface area contributed by atoms with Gasteiger partial charge in [0.2, 0.25) is 0 Å². The topological polar surface area (TPSA) is 25.2 Å². The summed E-state index contributed by atoms with van der Waals surface area (Å²) >= 11 is 0. The third-order valence-corrected chi connectivity index (χ3v) is 3.61. The molecule has 2 nitrogen and oxygen atoms in total. The van der Waals surface area contributed by atoms with Crippen LogP contribution in [-0.4, -0.2) is 7.05 Å². The van der Waals surface area contributed by atoms with E-state index in [9.17, 15) is 0 Å². The number of nitrogens with one attached hydrogen (secondary N) is 1. The van der Waals surface area contributed by atoms with E-state index in [2.05, 4.69) is 49.5 Å². The van der Waals surface area contributed by atoms with E-state index in [1.165, 1.54) is 16.7 Å². The number of hydrogen-bond donors (Lipinski definition) is 1. The Balaban J connectivity index is 2.34. The molecule has 0 saturated carbocycles. The van der Waals surface area contributed by atoms with E-state index in [1.807, 2.05) is 20.9 Å². The Morgan fingerprint density at radius 1 is 1.15 bits per heavy atom.